The zero-order valence-corrected chi connectivity index (χ0v) is 12.2. The van der Waals surface area contributed by atoms with E-state index in [1.165, 1.54) is 6.92 Å². The summed E-state index contributed by atoms with van der Waals surface area (Å²) in [6, 6.07) is 8.19. The number of aliphatic hydroxyl groups excluding tert-OH is 2. The van der Waals surface area contributed by atoms with E-state index in [1.54, 1.807) is 0 Å². The van der Waals surface area contributed by atoms with E-state index in [1.807, 2.05) is 30.3 Å². The number of carbonyl (C=O) groups excluding carboxylic acids is 1. The Balaban J connectivity index is 2.07. The fraction of sp³-hybridized carbons (Fsp3) is 0.533. The Morgan fingerprint density at radius 2 is 2.09 bits per heavy atom. The molecule has 1 aromatic carbocycles. The average Bonchev–Trinajstić information content (AvgIpc) is 2.52. The number of halogens is 1. The smallest absolute Gasteiger partial charge is 0.217 e. The van der Waals surface area contributed by atoms with Crippen LogP contribution in [-0.4, -0.2) is 53.4 Å². The van der Waals surface area contributed by atoms with Crippen LogP contribution >= 0.6 is 0 Å². The Morgan fingerprint density at radius 1 is 1.41 bits per heavy atom. The third-order valence-corrected chi connectivity index (χ3v) is 3.46. The molecule has 1 heterocycles. The topological polar surface area (TPSA) is 88.0 Å². The van der Waals surface area contributed by atoms with Crippen molar-refractivity contribution in [2.24, 2.45) is 0 Å². The van der Waals surface area contributed by atoms with Crippen molar-refractivity contribution in [3.05, 3.63) is 35.9 Å². The summed E-state index contributed by atoms with van der Waals surface area (Å²) in [6.07, 6.45) is -5.57. The molecule has 0 bridgehead atoms. The molecule has 5 unspecified atom stereocenters. The molecule has 6 nitrogen and oxygen atoms in total. The highest BCUT2D eigenvalue weighted by Crippen LogP contribution is 2.25. The first-order valence-corrected chi connectivity index (χ1v) is 7.04. The standard InChI is InChI=1S/C15H20FNO5/c1-9(19)17-13-14(20)12(16)11(7-18)22-15(13)21-8-10-5-3-2-4-6-10/h2-6,11-15,18,20H,7-8H2,1H3,(H,17,19). The molecule has 0 aliphatic carbocycles. The second-order valence-corrected chi connectivity index (χ2v) is 5.18. The number of carbonyl (C=O) groups is 1. The lowest BCUT2D eigenvalue weighted by molar-refractivity contribution is -0.262. The second-order valence-electron chi connectivity index (χ2n) is 5.18. The van der Waals surface area contributed by atoms with Gasteiger partial charge in [-0.3, -0.25) is 4.79 Å². The van der Waals surface area contributed by atoms with E-state index in [0.717, 1.165) is 5.56 Å². The molecule has 122 valence electrons. The van der Waals surface area contributed by atoms with Crippen LogP contribution in [0.1, 0.15) is 12.5 Å². The lowest BCUT2D eigenvalue weighted by atomic mass is 9.98. The molecule has 1 aliphatic rings. The fourth-order valence-corrected chi connectivity index (χ4v) is 2.34. The molecule has 0 spiro atoms. The van der Waals surface area contributed by atoms with Gasteiger partial charge in [0.05, 0.1) is 13.2 Å². The Bertz CT molecular complexity index is 486. The maximum Gasteiger partial charge on any atom is 0.217 e. The number of amides is 1. The van der Waals surface area contributed by atoms with Gasteiger partial charge in [-0.2, -0.15) is 0 Å². The van der Waals surface area contributed by atoms with E-state index in [9.17, 15) is 14.3 Å². The van der Waals surface area contributed by atoms with Gasteiger partial charge in [-0.05, 0) is 5.56 Å². The van der Waals surface area contributed by atoms with E-state index in [-0.39, 0.29) is 6.61 Å². The molecule has 22 heavy (non-hydrogen) atoms. The molecule has 1 amide bonds. The van der Waals surface area contributed by atoms with Gasteiger partial charge in [-0.15, -0.1) is 0 Å². The van der Waals surface area contributed by atoms with Crippen LogP contribution in [0.4, 0.5) is 4.39 Å². The predicted molar refractivity (Wildman–Crippen MR) is 75.5 cm³/mol. The van der Waals surface area contributed by atoms with Gasteiger partial charge in [0.2, 0.25) is 5.91 Å². The van der Waals surface area contributed by atoms with Crippen LogP contribution in [0, 0.1) is 0 Å². The third kappa shape index (κ3) is 4.01. The molecule has 0 saturated carbocycles. The first-order chi connectivity index (χ1) is 10.5. The summed E-state index contributed by atoms with van der Waals surface area (Å²) in [4.78, 5) is 11.2. The van der Waals surface area contributed by atoms with E-state index in [4.69, 9.17) is 14.6 Å². The van der Waals surface area contributed by atoms with Gasteiger partial charge < -0.3 is 25.0 Å². The minimum absolute atomic E-state index is 0.170. The highest BCUT2D eigenvalue weighted by molar-refractivity contribution is 5.73. The molecule has 1 aromatic rings. The van der Waals surface area contributed by atoms with Crippen molar-refractivity contribution in [3.8, 4) is 0 Å². The van der Waals surface area contributed by atoms with Crippen molar-refractivity contribution in [2.75, 3.05) is 6.61 Å². The SMILES string of the molecule is CC(=O)NC1C(OCc2ccccc2)OC(CO)C(F)C1O. The van der Waals surface area contributed by atoms with Crippen molar-refractivity contribution in [3.63, 3.8) is 0 Å². The highest BCUT2D eigenvalue weighted by atomic mass is 19.1. The highest BCUT2D eigenvalue weighted by Gasteiger charge is 2.46. The van der Waals surface area contributed by atoms with Crippen LogP contribution < -0.4 is 5.32 Å². The number of hydrogen-bond acceptors (Lipinski definition) is 5. The summed E-state index contributed by atoms with van der Waals surface area (Å²) in [5.41, 5.74) is 0.866. The number of hydrogen-bond donors (Lipinski definition) is 3. The number of aliphatic hydroxyl groups is 2. The van der Waals surface area contributed by atoms with Crippen molar-refractivity contribution in [1.29, 1.82) is 0 Å². The number of rotatable bonds is 5. The molecular formula is C15H20FNO5. The van der Waals surface area contributed by atoms with Gasteiger partial charge in [0.25, 0.3) is 0 Å². The van der Waals surface area contributed by atoms with Gasteiger partial charge in [0, 0.05) is 6.92 Å². The van der Waals surface area contributed by atoms with Crippen molar-refractivity contribution in [2.45, 2.75) is 44.2 Å². The largest absolute Gasteiger partial charge is 0.394 e. The fourth-order valence-electron chi connectivity index (χ4n) is 2.34. The number of benzene rings is 1. The van der Waals surface area contributed by atoms with Crippen molar-refractivity contribution >= 4 is 5.91 Å². The van der Waals surface area contributed by atoms with Gasteiger partial charge in [-0.25, -0.2) is 4.39 Å². The minimum Gasteiger partial charge on any atom is -0.394 e. The van der Waals surface area contributed by atoms with E-state index < -0.39 is 43.2 Å². The van der Waals surface area contributed by atoms with Crippen LogP contribution in [0.2, 0.25) is 0 Å². The summed E-state index contributed by atoms with van der Waals surface area (Å²) in [5.74, 6) is -0.435. The van der Waals surface area contributed by atoms with Crippen LogP contribution in [0.3, 0.4) is 0 Å². The zero-order chi connectivity index (χ0) is 16.1. The van der Waals surface area contributed by atoms with E-state index in [2.05, 4.69) is 5.32 Å². The second kappa shape index (κ2) is 7.64. The average molecular weight is 313 g/mol. The third-order valence-electron chi connectivity index (χ3n) is 3.46. The molecule has 1 fully saturated rings. The Morgan fingerprint density at radius 3 is 2.68 bits per heavy atom. The van der Waals surface area contributed by atoms with Crippen molar-refractivity contribution < 1.29 is 28.9 Å². The molecule has 1 saturated heterocycles. The van der Waals surface area contributed by atoms with E-state index in [0.29, 0.717) is 0 Å². The maximum atomic E-state index is 13.9. The Labute approximate surface area is 127 Å². The zero-order valence-electron chi connectivity index (χ0n) is 12.2. The first-order valence-electron chi connectivity index (χ1n) is 7.04. The normalized spacial score (nSPS) is 31.7. The summed E-state index contributed by atoms with van der Waals surface area (Å²) in [7, 11) is 0. The molecular weight excluding hydrogens is 293 g/mol. The molecule has 3 N–H and O–H groups in total. The molecule has 2 rings (SSSR count). The van der Waals surface area contributed by atoms with Crippen LogP contribution in [0.25, 0.3) is 0 Å². The molecule has 0 radical (unpaired) electrons. The van der Waals surface area contributed by atoms with E-state index >= 15 is 0 Å². The first kappa shape index (κ1) is 16.8. The summed E-state index contributed by atoms with van der Waals surface area (Å²) >= 11 is 0. The monoisotopic (exact) mass is 313 g/mol. The van der Waals surface area contributed by atoms with Gasteiger partial charge in [0.1, 0.15) is 18.2 Å². The number of nitrogens with one attached hydrogen (secondary N) is 1. The van der Waals surface area contributed by atoms with Gasteiger partial charge in [-0.1, -0.05) is 30.3 Å². The lowest BCUT2D eigenvalue weighted by Crippen LogP contribution is -2.63. The summed E-state index contributed by atoms with van der Waals surface area (Å²) in [6.45, 7) is 0.839. The molecule has 5 atom stereocenters. The summed E-state index contributed by atoms with van der Waals surface area (Å²) in [5, 5.41) is 21.6. The minimum atomic E-state index is -1.81. The maximum absolute atomic E-state index is 13.9. The quantitative estimate of drug-likeness (QED) is 0.719. The lowest BCUT2D eigenvalue weighted by Gasteiger charge is -2.41. The Kier molecular flexibility index (Phi) is 5.84. The van der Waals surface area contributed by atoms with Gasteiger partial charge >= 0.3 is 0 Å². The summed E-state index contributed by atoms with van der Waals surface area (Å²) < 4.78 is 24.8. The number of ether oxygens (including phenoxy) is 2. The Hall–Kier alpha value is -1.54. The van der Waals surface area contributed by atoms with Crippen LogP contribution in [-0.2, 0) is 20.9 Å². The molecule has 7 heteroatoms. The molecule has 1 aliphatic heterocycles. The number of alkyl halides is 1. The molecule has 0 aromatic heterocycles. The van der Waals surface area contributed by atoms with Crippen LogP contribution in [0.15, 0.2) is 30.3 Å². The van der Waals surface area contributed by atoms with Gasteiger partial charge in [0.15, 0.2) is 12.5 Å². The van der Waals surface area contributed by atoms with Crippen molar-refractivity contribution in [1.82, 2.24) is 5.32 Å². The van der Waals surface area contributed by atoms with Crippen LogP contribution in [0.5, 0.6) is 0 Å². The predicted octanol–water partition coefficient (Wildman–Crippen LogP) is 0.124.